The van der Waals surface area contributed by atoms with Crippen molar-refractivity contribution in [1.82, 2.24) is 0 Å². The molecule has 0 aromatic carbocycles. The Labute approximate surface area is 73.0 Å². The minimum atomic E-state index is -0.900. The predicted molar refractivity (Wildman–Crippen MR) is 42.3 cm³/mol. The third-order valence-corrected chi connectivity index (χ3v) is 2.33. The van der Waals surface area contributed by atoms with E-state index in [1.807, 2.05) is 14.1 Å². The Morgan fingerprint density at radius 2 is 2.09 bits per heavy atom. The van der Waals surface area contributed by atoms with Crippen LogP contribution < -0.4 is 5.11 Å². The first-order chi connectivity index (χ1) is 4.54. The second-order valence-electron chi connectivity index (χ2n) is 3.48. The SMILES string of the molecule is C[N+]1(C)CCC[C@H]1C(=O)[O-].Cl. The average molecular weight is 180 g/mol. The molecule has 1 heterocycles. The first kappa shape index (κ1) is 10.7. The standard InChI is InChI=1S/C7H13NO2.ClH/c1-8(2)5-3-4-6(8)7(9)10;/h6H,3-5H2,1-2H3;1H/t6-;/m0./s1. The number of rotatable bonds is 1. The Kier molecular flexibility index (Phi) is 3.32. The lowest BCUT2D eigenvalue weighted by Crippen LogP contribution is -2.53. The Morgan fingerprint density at radius 3 is 2.27 bits per heavy atom. The van der Waals surface area contributed by atoms with E-state index in [0.29, 0.717) is 4.48 Å². The minimum absolute atomic E-state index is 0. The van der Waals surface area contributed by atoms with E-state index in [-0.39, 0.29) is 18.4 Å². The predicted octanol–water partition coefficient (Wildman–Crippen LogP) is -0.603. The van der Waals surface area contributed by atoms with Gasteiger partial charge in [0.1, 0.15) is 6.04 Å². The summed E-state index contributed by atoms with van der Waals surface area (Å²) in [6.45, 7) is 0.957. The average Bonchev–Trinajstić information content (AvgIpc) is 2.08. The summed E-state index contributed by atoms with van der Waals surface area (Å²) in [4.78, 5) is 10.5. The number of nitrogens with zero attached hydrogens (tertiary/aromatic N) is 1. The Bertz CT molecular complexity index is 159. The smallest absolute Gasteiger partial charge is 0.129 e. The third kappa shape index (κ3) is 2.07. The van der Waals surface area contributed by atoms with Gasteiger partial charge in [-0.25, -0.2) is 0 Å². The van der Waals surface area contributed by atoms with Gasteiger partial charge >= 0.3 is 0 Å². The zero-order chi connectivity index (χ0) is 7.78. The first-order valence-electron chi connectivity index (χ1n) is 3.57. The number of halogens is 1. The summed E-state index contributed by atoms with van der Waals surface area (Å²) in [7, 11) is 3.88. The molecule has 0 amide bonds. The summed E-state index contributed by atoms with van der Waals surface area (Å²) in [5, 5.41) is 10.5. The molecule has 11 heavy (non-hydrogen) atoms. The fourth-order valence-corrected chi connectivity index (χ4v) is 1.60. The summed E-state index contributed by atoms with van der Waals surface area (Å²) in [6, 6.07) is -0.278. The topological polar surface area (TPSA) is 40.1 Å². The lowest BCUT2D eigenvalue weighted by atomic mass is 10.2. The van der Waals surface area contributed by atoms with Crippen molar-refractivity contribution in [2.75, 3.05) is 20.6 Å². The van der Waals surface area contributed by atoms with Crippen molar-refractivity contribution >= 4 is 18.4 Å². The van der Waals surface area contributed by atoms with E-state index < -0.39 is 5.97 Å². The van der Waals surface area contributed by atoms with Gasteiger partial charge in [0.05, 0.1) is 26.6 Å². The molecule has 0 saturated carbocycles. The van der Waals surface area contributed by atoms with Gasteiger partial charge in [-0.2, -0.15) is 0 Å². The number of likely N-dealkylation sites (N-methyl/N-ethyl adjacent to an activating group) is 1. The van der Waals surface area contributed by atoms with Crippen LogP contribution in [0.4, 0.5) is 0 Å². The molecule has 1 aliphatic rings. The summed E-state index contributed by atoms with van der Waals surface area (Å²) in [5.41, 5.74) is 0. The van der Waals surface area contributed by atoms with Crippen LogP contribution in [0.5, 0.6) is 0 Å². The fraction of sp³-hybridized carbons (Fsp3) is 0.857. The molecule has 0 aliphatic carbocycles. The number of aliphatic carboxylic acids is 1. The van der Waals surface area contributed by atoms with Crippen LogP contribution in [0.1, 0.15) is 12.8 Å². The van der Waals surface area contributed by atoms with Crippen LogP contribution in [0.15, 0.2) is 0 Å². The Balaban J connectivity index is 0.000001000. The summed E-state index contributed by atoms with van der Waals surface area (Å²) in [6.07, 6.45) is 1.78. The number of hydrogen-bond acceptors (Lipinski definition) is 2. The van der Waals surface area contributed by atoms with Crippen LogP contribution in [-0.4, -0.2) is 37.1 Å². The van der Waals surface area contributed by atoms with Gasteiger partial charge in [-0.05, 0) is 0 Å². The van der Waals surface area contributed by atoms with E-state index in [1.54, 1.807) is 0 Å². The summed E-state index contributed by atoms with van der Waals surface area (Å²) >= 11 is 0. The molecule has 66 valence electrons. The van der Waals surface area contributed by atoms with Crippen molar-refractivity contribution in [2.45, 2.75) is 18.9 Å². The van der Waals surface area contributed by atoms with Crippen LogP contribution in [0.3, 0.4) is 0 Å². The van der Waals surface area contributed by atoms with E-state index in [1.165, 1.54) is 0 Å². The maximum atomic E-state index is 10.5. The van der Waals surface area contributed by atoms with Crippen molar-refractivity contribution in [3.63, 3.8) is 0 Å². The van der Waals surface area contributed by atoms with Crippen molar-refractivity contribution in [3.05, 3.63) is 0 Å². The molecule has 0 bridgehead atoms. The van der Waals surface area contributed by atoms with Gasteiger partial charge in [0.2, 0.25) is 0 Å². The molecule has 1 saturated heterocycles. The van der Waals surface area contributed by atoms with Crippen LogP contribution in [0.2, 0.25) is 0 Å². The largest absolute Gasteiger partial charge is 0.544 e. The monoisotopic (exact) mass is 179 g/mol. The third-order valence-electron chi connectivity index (χ3n) is 2.33. The maximum absolute atomic E-state index is 10.5. The van der Waals surface area contributed by atoms with Crippen LogP contribution in [0, 0.1) is 0 Å². The Hall–Kier alpha value is -0.280. The molecule has 0 N–H and O–H groups in total. The van der Waals surface area contributed by atoms with Gasteiger partial charge in [-0.1, -0.05) is 0 Å². The van der Waals surface area contributed by atoms with E-state index >= 15 is 0 Å². The van der Waals surface area contributed by atoms with E-state index in [4.69, 9.17) is 0 Å². The molecule has 3 nitrogen and oxygen atoms in total. The van der Waals surface area contributed by atoms with Crippen LogP contribution in [-0.2, 0) is 4.79 Å². The van der Waals surface area contributed by atoms with E-state index in [9.17, 15) is 9.90 Å². The fourth-order valence-electron chi connectivity index (χ4n) is 1.60. The molecule has 1 atom stereocenters. The highest BCUT2D eigenvalue weighted by atomic mass is 35.5. The number of quaternary nitrogens is 1. The molecule has 1 fully saturated rings. The number of carbonyl (C=O) groups is 1. The number of carboxylic acid groups (broad SMARTS) is 1. The normalized spacial score (nSPS) is 27.6. The molecular formula is C7H14ClNO2. The molecular weight excluding hydrogens is 166 g/mol. The number of hydrogen-bond donors (Lipinski definition) is 0. The summed E-state index contributed by atoms with van der Waals surface area (Å²) < 4.78 is 0.586. The first-order valence-corrected chi connectivity index (χ1v) is 3.57. The second-order valence-corrected chi connectivity index (χ2v) is 3.48. The molecule has 0 spiro atoms. The maximum Gasteiger partial charge on any atom is 0.129 e. The highest BCUT2D eigenvalue weighted by Gasteiger charge is 2.34. The van der Waals surface area contributed by atoms with Crippen molar-refractivity contribution < 1.29 is 14.4 Å². The molecule has 0 aromatic heterocycles. The highest BCUT2D eigenvalue weighted by Crippen LogP contribution is 2.20. The molecule has 0 radical (unpaired) electrons. The van der Waals surface area contributed by atoms with Crippen LogP contribution in [0.25, 0.3) is 0 Å². The van der Waals surface area contributed by atoms with Crippen molar-refractivity contribution in [2.24, 2.45) is 0 Å². The second kappa shape index (κ2) is 3.41. The minimum Gasteiger partial charge on any atom is -0.544 e. The molecule has 1 rings (SSSR count). The van der Waals surface area contributed by atoms with Gasteiger partial charge in [-0.15, -0.1) is 12.4 Å². The van der Waals surface area contributed by atoms with Crippen molar-refractivity contribution in [1.29, 1.82) is 0 Å². The van der Waals surface area contributed by atoms with Gasteiger partial charge in [0, 0.05) is 12.8 Å². The van der Waals surface area contributed by atoms with Gasteiger partial charge in [0.25, 0.3) is 0 Å². The molecule has 0 unspecified atom stereocenters. The van der Waals surface area contributed by atoms with Crippen molar-refractivity contribution in [3.8, 4) is 0 Å². The van der Waals surface area contributed by atoms with Gasteiger partial charge in [0.15, 0.2) is 0 Å². The lowest BCUT2D eigenvalue weighted by molar-refractivity contribution is -0.895. The van der Waals surface area contributed by atoms with E-state index in [0.717, 1.165) is 19.4 Å². The number of likely N-dealkylation sites (tertiary alicyclic amines) is 1. The highest BCUT2D eigenvalue weighted by molar-refractivity contribution is 5.85. The zero-order valence-corrected chi connectivity index (χ0v) is 7.69. The molecule has 0 aromatic rings. The van der Waals surface area contributed by atoms with Gasteiger partial charge in [-0.3, -0.25) is 0 Å². The summed E-state index contributed by atoms with van der Waals surface area (Å²) in [5.74, 6) is -0.900. The Morgan fingerprint density at radius 1 is 1.55 bits per heavy atom. The lowest BCUT2D eigenvalue weighted by Gasteiger charge is -2.31. The molecule has 1 aliphatic heterocycles. The number of carbonyl (C=O) groups excluding carboxylic acids is 1. The van der Waals surface area contributed by atoms with E-state index in [2.05, 4.69) is 0 Å². The van der Waals surface area contributed by atoms with Gasteiger partial charge < -0.3 is 14.4 Å². The zero-order valence-electron chi connectivity index (χ0n) is 6.87. The van der Waals surface area contributed by atoms with Crippen LogP contribution >= 0.6 is 12.4 Å². The quantitative estimate of drug-likeness (QED) is 0.505. The molecule has 4 heteroatoms. The number of carboxylic acids is 1.